The third-order valence-electron chi connectivity index (χ3n) is 3.39. The number of nitrogens with zero attached hydrogens (tertiary/aromatic N) is 1. The number of hydrogen-bond acceptors (Lipinski definition) is 2. The van der Waals surface area contributed by atoms with Gasteiger partial charge in [0.25, 0.3) is 0 Å². The Labute approximate surface area is 93.0 Å². The lowest BCUT2D eigenvalue weighted by atomic mass is 9.82. The van der Waals surface area contributed by atoms with Gasteiger partial charge >= 0.3 is 0 Å². The van der Waals surface area contributed by atoms with Gasteiger partial charge in [-0.3, -0.25) is 4.79 Å². The molecule has 15 heavy (non-hydrogen) atoms. The van der Waals surface area contributed by atoms with Crippen LogP contribution in [0.25, 0.3) is 0 Å². The molecule has 1 saturated heterocycles. The Hall–Kier alpha value is -0.570. The molecule has 1 rings (SSSR count). The average molecular weight is 212 g/mol. The monoisotopic (exact) mass is 212 g/mol. The number of hydrogen-bond donors (Lipinski definition) is 1. The lowest BCUT2D eigenvalue weighted by molar-refractivity contribution is -0.148. The fraction of sp³-hybridized carbons (Fsp3) is 0.917. The van der Waals surface area contributed by atoms with Gasteiger partial charge in [0.15, 0.2) is 0 Å². The van der Waals surface area contributed by atoms with Crippen molar-refractivity contribution in [1.82, 2.24) is 4.90 Å². The third-order valence-corrected chi connectivity index (χ3v) is 3.39. The molecule has 1 aliphatic rings. The molecule has 3 nitrogen and oxygen atoms in total. The second-order valence-electron chi connectivity index (χ2n) is 6.11. The Kier molecular flexibility index (Phi) is 3.15. The number of nitrogens with two attached hydrogens (primary N) is 1. The highest BCUT2D eigenvalue weighted by atomic mass is 16.2. The van der Waals surface area contributed by atoms with Crippen LogP contribution < -0.4 is 5.73 Å². The molecule has 1 heterocycles. The normalized spacial score (nSPS) is 26.5. The molecule has 0 bridgehead atoms. The average Bonchev–Trinajstić information content (AvgIpc) is 2.07. The quantitative estimate of drug-likeness (QED) is 0.665. The van der Waals surface area contributed by atoms with Crippen molar-refractivity contribution < 1.29 is 4.79 Å². The molecule has 3 heteroatoms. The summed E-state index contributed by atoms with van der Waals surface area (Å²) < 4.78 is 0. The first kappa shape index (κ1) is 12.5. The molecule has 0 aromatic heterocycles. The molecule has 0 radical (unpaired) electrons. The number of rotatable bonds is 0. The number of amides is 1. The van der Waals surface area contributed by atoms with Crippen LogP contribution in [0.1, 0.15) is 47.5 Å². The maximum absolute atomic E-state index is 12.3. The third kappa shape index (κ3) is 2.33. The van der Waals surface area contributed by atoms with E-state index < -0.39 is 0 Å². The molecule has 0 spiro atoms. The summed E-state index contributed by atoms with van der Waals surface area (Å²) in [6.07, 6.45) is 2.04. The van der Waals surface area contributed by atoms with Crippen LogP contribution >= 0.6 is 0 Å². The Morgan fingerprint density at radius 3 is 2.40 bits per heavy atom. The van der Waals surface area contributed by atoms with Crippen molar-refractivity contribution in [3.8, 4) is 0 Å². The van der Waals surface area contributed by atoms with Crippen LogP contribution in [0.15, 0.2) is 0 Å². The first-order valence-corrected chi connectivity index (χ1v) is 5.75. The van der Waals surface area contributed by atoms with E-state index in [4.69, 9.17) is 5.73 Å². The van der Waals surface area contributed by atoms with Gasteiger partial charge in [0.05, 0.1) is 5.54 Å². The van der Waals surface area contributed by atoms with Gasteiger partial charge in [0, 0.05) is 18.0 Å². The summed E-state index contributed by atoms with van der Waals surface area (Å²) in [5.41, 5.74) is 5.57. The van der Waals surface area contributed by atoms with Gasteiger partial charge < -0.3 is 10.6 Å². The molecule has 1 unspecified atom stereocenters. The zero-order valence-electron chi connectivity index (χ0n) is 10.6. The van der Waals surface area contributed by atoms with E-state index in [1.165, 1.54) is 0 Å². The van der Waals surface area contributed by atoms with Crippen molar-refractivity contribution in [2.75, 3.05) is 6.54 Å². The minimum Gasteiger partial charge on any atom is -0.336 e. The summed E-state index contributed by atoms with van der Waals surface area (Å²) in [5.74, 6) is 0.211. The zero-order valence-corrected chi connectivity index (χ0v) is 10.6. The van der Waals surface area contributed by atoms with Crippen molar-refractivity contribution >= 4 is 5.91 Å². The standard InChI is InChI=1S/C12H24N2O/c1-11(2,3)10(15)14-8-6-7-9(13)12(14,4)5/h9H,6-8,13H2,1-5H3. The van der Waals surface area contributed by atoms with Gasteiger partial charge in [-0.15, -0.1) is 0 Å². The molecule has 2 N–H and O–H groups in total. The minimum atomic E-state index is -0.311. The van der Waals surface area contributed by atoms with Crippen LogP contribution in [-0.2, 0) is 4.79 Å². The SMILES string of the molecule is CC(C)(C)C(=O)N1CCCC(N)C1(C)C. The van der Waals surface area contributed by atoms with E-state index in [2.05, 4.69) is 13.8 Å². The van der Waals surface area contributed by atoms with E-state index >= 15 is 0 Å². The van der Waals surface area contributed by atoms with Crippen molar-refractivity contribution in [3.05, 3.63) is 0 Å². The molecule has 0 saturated carbocycles. The van der Waals surface area contributed by atoms with E-state index in [-0.39, 0.29) is 22.9 Å². The zero-order chi connectivity index (χ0) is 11.9. The molecule has 0 aromatic rings. The molecular weight excluding hydrogens is 188 g/mol. The highest BCUT2D eigenvalue weighted by molar-refractivity contribution is 5.82. The maximum Gasteiger partial charge on any atom is 0.228 e. The van der Waals surface area contributed by atoms with Crippen molar-refractivity contribution in [3.63, 3.8) is 0 Å². The van der Waals surface area contributed by atoms with Crippen molar-refractivity contribution in [2.24, 2.45) is 11.1 Å². The van der Waals surface area contributed by atoms with Gasteiger partial charge in [-0.05, 0) is 26.7 Å². The van der Waals surface area contributed by atoms with E-state index in [1.807, 2.05) is 25.7 Å². The van der Waals surface area contributed by atoms with E-state index in [9.17, 15) is 4.79 Å². The number of likely N-dealkylation sites (tertiary alicyclic amines) is 1. The van der Waals surface area contributed by atoms with E-state index in [0.29, 0.717) is 0 Å². The summed E-state index contributed by atoms with van der Waals surface area (Å²) in [4.78, 5) is 14.2. The summed E-state index contributed by atoms with van der Waals surface area (Å²) in [6.45, 7) is 10.9. The lowest BCUT2D eigenvalue weighted by Gasteiger charge is -2.48. The Morgan fingerprint density at radius 2 is 1.93 bits per heavy atom. The van der Waals surface area contributed by atoms with Gasteiger partial charge in [-0.2, -0.15) is 0 Å². The first-order chi connectivity index (χ1) is 6.67. The molecular formula is C12H24N2O. The second-order valence-corrected chi connectivity index (χ2v) is 6.11. The topological polar surface area (TPSA) is 46.3 Å². The molecule has 0 aliphatic carbocycles. The van der Waals surface area contributed by atoms with Gasteiger partial charge in [0.2, 0.25) is 5.91 Å². The Balaban J connectivity index is 2.90. The number of piperidine rings is 1. The van der Waals surface area contributed by atoms with Gasteiger partial charge in [0.1, 0.15) is 0 Å². The molecule has 1 aliphatic heterocycles. The summed E-state index contributed by atoms with van der Waals surface area (Å²) in [5, 5.41) is 0. The fourth-order valence-electron chi connectivity index (χ4n) is 2.08. The summed E-state index contributed by atoms with van der Waals surface area (Å²) >= 11 is 0. The van der Waals surface area contributed by atoms with E-state index in [0.717, 1.165) is 19.4 Å². The van der Waals surface area contributed by atoms with Crippen LogP contribution in [0.3, 0.4) is 0 Å². The van der Waals surface area contributed by atoms with Crippen LogP contribution in [0.2, 0.25) is 0 Å². The molecule has 1 amide bonds. The largest absolute Gasteiger partial charge is 0.336 e. The fourth-order valence-corrected chi connectivity index (χ4v) is 2.08. The van der Waals surface area contributed by atoms with Crippen LogP contribution in [0.5, 0.6) is 0 Å². The van der Waals surface area contributed by atoms with Crippen LogP contribution in [0.4, 0.5) is 0 Å². The van der Waals surface area contributed by atoms with E-state index in [1.54, 1.807) is 0 Å². The lowest BCUT2D eigenvalue weighted by Crippen LogP contribution is -2.63. The number of carbonyl (C=O) groups is 1. The van der Waals surface area contributed by atoms with Crippen LogP contribution in [0, 0.1) is 5.41 Å². The second kappa shape index (κ2) is 3.78. The van der Waals surface area contributed by atoms with Gasteiger partial charge in [-0.1, -0.05) is 20.8 Å². The Morgan fingerprint density at radius 1 is 1.40 bits per heavy atom. The summed E-state index contributed by atoms with van der Waals surface area (Å²) in [6, 6.07) is 0.0950. The predicted octanol–water partition coefficient (Wildman–Crippen LogP) is 1.76. The minimum absolute atomic E-state index is 0.0950. The smallest absolute Gasteiger partial charge is 0.228 e. The highest BCUT2D eigenvalue weighted by Crippen LogP contribution is 2.30. The van der Waals surface area contributed by atoms with Crippen molar-refractivity contribution in [1.29, 1.82) is 0 Å². The highest BCUT2D eigenvalue weighted by Gasteiger charge is 2.42. The number of carbonyl (C=O) groups excluding carboxylic acids is 1. The summed E-state index contributed by atoms with van der Waals surface area (Å²) in [7, 11) is 0. The maximum atomic E-state index is 12.3. The molecule has 0 aromatic carbocycles. The Bertz CT molecular complexity index is 253. The van der Waals surface area contributed by atoms with Crippen molar-refractivity contribution in [2.45, 2.75) is 59.0 Å². The van der Waals surface area contributed by atoms with Crippen LogP contribution in [-0.4, -0.2) is 28.9 Å². The van der Waals surface area contributed by atoms with Gasteiger partial charge in [-0.25, -0.2) is 0 Å². The first-order valence-electron chi connectivity index (χ1n) is 5.75. The molecule has 1 fully saturated rings. The molecule has 88 valence electrons. The predicted molar refractivity (Wildman–Crippen MR) is 62.5 cm³/mol. The molecule has 1 atom stereocenters.